The van der Waals surface area contributed by atoms with Gasteiger partial charge in [-0.3, -0.25) is 0 Å². The van der Waals surface area contributed by atoms with Gasteiger partial charge in [0.15, 0.2) is 0 Å². The number of hydrogen-bond donors (Lipinski definition) is 1. The second-order valence-corrected chi connectivity index (χ2v) is 4.28. The molecule has 0 aromatic rings. The smallest absolute Gasteiger partial charge is 0.308 e. The van der Waals surface area contributed by atoms with Gasteiger partial charge in [-0.2, -0.15) is 8.78 Å². The molecule has 0 aromatic heterocycles. The van der Waals surface area contributed by atoms with E-state index in [9.17, 15) is 17.6 Å². The maximum absolute atomic E-state index is 12.6. The maximum Gasteiger partial charge on any atom is 0.319 e. The van der Waals surface area contributed by atoms with Crippen LogP contribution < -0.4 is 5.32 Å². The lowest BCUT2D eigenvalue weighted by atomic mass is 10.00. The van der Waals surface area contributed by atoms with Crippen molar-refractivity contribution in [3.63, 3.8) is 0 Å². The lowest BCUT2D eigenvalue weighted by Gasteiger charge is -2.23. The molecule has 1 aliphatic carbocycles. The number of alkyl halides is 4. The van der Waals surface area contributed by atoms with Crippen LogP contribution in [0.2, 0.25) is 0 Å². The molecular weight excluding hydrogens is 210 g/mol. The molecule has 1 nitrogen and oxygen atoms in total. The van der Waals surface area contributed by atoms with Gasteiger partial charge in [0, 0.05) is 6.04 Å². The normalized spacial score (nSPS) is 21.2. The Morgan fingerprint density at radius 2 is 1.80 bits per heavy atom. The van der Waals surface area contributed by atoms with Gasteiger partial charge in [-0.15, -0.1) is 0 Å². The summed E-state index contributed by atoms with van der Waals surface area (Å²) >= 11 is 0. The molecule has 90 valence electrons. The van der Waals surface area contributed by atoms with Gasteiger partial charge in [0.2, 0.25) is 0 Å². The molecule has 1 unspecified atom stereocenters. The Kier molecular flexibility index (Phi) is 4.37. The fourth-order valence-electron chi connectivity index (χ4n) is 2.00. The van der Waals surface area contributed by atoms with Crippen LogP contribution in [0.1, 0.15) is 32.6 Å². The van der Waals surface area contributed by atoms with E-state index in [1.807, 2.05) is 0 Å². The van der Waals surface area contributed by atoms with Crippen molar-refractivity contribution >= 4 is 0 Å². The fraction of sp³-hybridized carbons (Fsp3) is 1.00. The molecule has 0 bridgehead atoms. The summed E-state index contributed by atoms with van der Waals surface area (Å²) in [5.74, 6) is -3.55. The van der Waals surface area contributed by atoms with Crippen LogP contribution in [0.4, 0.5) is 17.6 Å². The lowest BCUT2D eigenvalue weighted by Crippen LogP contribution is -2.44. The SMILES string of the molecule is CC(NCC(F)(F)C(F)F)C1CCCC1. The van der Waals surface area contributed by atoms with E-state index < -0.39 is 18.9 Å². The standard InChI is InChI=1S/C10H17F4N/c1-7(8-4-2-3-5-8)15-6-10(13,14)9(11)12/h7-9,15H,2-6H2,1H3. The largest absolute Gasteiger partial charge is 0.319 e. The predicted octanol–water partition coefficient (Wildman–Crippen LogP) is 3.06. The van der Waals surface area contributed by atoms with E-state index in [1.165, 1.54) is 0 Å². The van der Waals surface area contributed by atoms with Crippen molar-refractivity contribution in [2.45, 2.75) is 51.0 Å². The monoisotopic (exact) mass is 227 g/mol. The molecule has 1 aliphatic rings. The van der Waals surface area contributed by atoms with Gasteiger partial charge in [0.1, 0.15) is 0 Å². The summed E-state index contributed by atoms with van der Waals surface area (Å²) in [6.45, 7) is 0.861. The van der Waals surface area contributed by atoms with Crippen molar-refractivity contribution in [2.24, 2.45) is 5.92 Å². The Balaban J connectivity index is 2.29. The van der Waals surface area contributed by atoms with E-state index in [4.69, 9.17) is 0 Å². The highest BCUT2D eigenvalue weighted by atomic mass is 19.3. The van der Waals surface area contributed by atoms with Gasteiger partial charge in [-0.05, 0) is 25.7 Å². The van der Waals surface area contributed by atoms with Crippen molar-refractivity contribution in [3.8, 4) is 0 Å². The first kappa shape index (κ1) is 12.7. The van der Waals surface area contributed by atoms with Crippen LogP contribution in [0.15, 0.2) is 0 Å². The molecule has 0 aromatic carbocycles. The number of rotatable bonds is 5. The summed E-state index contributed by atoms with van der Waals surface area (Å²) < 4.78 is 48.9. The van der Waals surface area contributed by atoms with Crippen LogP contribution in [0.3, 0.4) is 0 Å². The quantitative estimate of drug-likeness (QED) is 0.712. The van der Waals surface area contributed by atoms with E-state index in [0.717, 1.165) is 25.7 Å². The molecule has 0 heterocycles. The number of hydrogen-bond acceptors (Lipinski definition) is 1. The lowest BCUT2D eigenvalue weighted by molar-refractivity contribution is -0.126. The molecule has 15 heavy (non-hydrogen) atoms. The van der Waals surface area contributed by atoms with Crippen molar-refractivity contribution in [2.75, 3.05) is 6.54 Å². The molecule has 1 saturated carbocycles. The zero-order valence-electron chi connectivity index (χ0n) is 8.78. The topological polar surface area (TPSA) is 12.0 Å². The third kappa shape index (κ3) is 3.63. The average Bonchev–Trinajstić information content (AvgIpc) is 2.66. The van der Waals surface area contributed by atoms with E-state index >= 15 is 0 Å². The molecular formula is C10H17F4N. The van der Waals surface area contributed by atoms with Crippen LogP contribution in [0.5, 0.6) is 0 Å². The zero-order valence-corrected chi connectivity index (χ0v) is 8.78. The van der Waals surface area contributed by atoms with Gasteiger partial charge in [-0.25, -0.2) is 8.78 Å². The summed E-state index contributed by atoms with van der Waals surface area (Å²) in [7, 11) is 0. The highest BCUT2D eigenvalue weighted by Gasteiger charge is 2.40. The van der Waals surface area contributed by atoms with Gasteiger partial charge < -0.3 is 5.32 Å². The highest BCUT2D eigenvalue weighted by Crippen LogP contribution is 2.28. The second-order valence-electron chi connectivity index (χ2n) is 4.28. The third-order valence-electron chi connectivity index (χ3n) is 3.09. The molecule has 1 rings (SSSR count). The molecule has 5 heteroatoms. The molecule has 0 saturated heterocycles. The highest BCUT2D eigenvalue weighted by molar-refractivity contribution is 4.80. The molecule has 1 fully saturated rings. The molecule has 0 amide bonds. The Morgan fingerprint density at radius 3 is 2.27 bits per heavy atom. The Hall–Kier alpha value is -0.320. The summed E-state index contributed by atoms with van der Waals surface area (Å²) in [6, 6.07) is -0.0999. The average molecular weight is 227 g/mol. The minimum atomic E-state index is -3.91. The zero-order chi connectivity index (χ0) is 11.5. The first-order chi connectivity index (χ1) is 6.93. The van der Waals surface area contributed by atoms with Crippen LogP contribution >= 0.6 is 0 Å². The second kappa shape index (κ2) is 5.14. The van der Waals surface area contributed by atoms with E-state index in [0.29, 0.717) is 5.92 Å². The molecule has 0 aliphatic heterocycles. The Bertz CT molecular complexity index is 190. The summed E-state index contributed by atoms with van der Waals surface area (Å²) in [5, 5.41) is 2.52. The molecule has 0 spiro atoms. The minimum Gasteiger partial charge on any atom is -0.308 e. The van der Waals surface area contributed by atoms with Crippen LogP contribution in [0.25, 0.3) is 0 Å². The predicted molar refractivity (Wildman–Crippen MR) is 50.4 cm³/mol. The van der Waals surface area contributed by atoms with Crippen molar-refractivity contribution in [1.82, 2.24) is 5.32 Å². The van der Waals surface area contributed by atoms with Crippen LogP contribution in [0, 0.1) is 5.92 Å². The summed E-state index contributed by atoms with van der Waals surface area (Å²) in [4.78, 5) is 0. The number of nitrogens with one attached hydrogen (secondary N) is 1. The van der Waals surface area contributed by atoms with E-state index in [1.54, 1.807) is 6.92 Å². The summed E-state index contributed by atoms with van der Waals surface area (Å²) in [5.41, 5.74) is 0. The van der Waals surface area contributed by atoms with Crippen molar-refractivity contribution < 1.29 is 17.6 Å². The third-order valence-corrected chi connectivity index (χ3v) is 3.09. The van der Waals surface area contributed by atoms with Gasteiger partial charge >= 0.3 is 12.3 Å². The van der Waals surface area contributed by atoms with Gasteiger partial charge in [0.25, 0.3) is 0 Å². The molecule has 0 radical (unpaired) electrons. The Labute approximate surface area is 87.2 Å². The molecule has 1 atom stereocenters. The Morgan fingerprint density at radius 1 is 1.27 bits per heavy atom. The van der Waals surface area contributed by atoms with Crippen LogP contribution in [-0.2, 0) is 0 Å². The minimum absolute atomic E-state index is 0.0999. The van der Waals surface area contributed by atoms with Crippen molar-refractivity contribution in [3.05, 3.63) is 0 Å². The maximum atomic E-state index is 12.6. The van der Waals surface area contributed by atoms with E-state index in [-0.39, 0.29) is 6.04 Å². The first-order valence-electron chi connectivity index (χ1n) is 5.33. The van der Waals surface area contributed by atoms with Crippen LogP contribution in [-0.4, -0.2) is 24.9 Å². The number of halogens is 4. The fourth-order valence-corrected chi connectivity index (χ4v) is 2.00. The molecule has 1 N–H and O–H groups in total. The van der Waals surface area contributed by atoms with Gasteiger partial charge in [0.05, 0.1) is 6.54 Å². The van der Waals surface area contributed by atoms with Gasteiger partial charge in [-0.1, -0.05) is 12.8 Å². The van der Waals surface area contributed by atoms with Crippen molar-refractivity contribution in [1.29, 1.82) is 0 Å². The van der Waals surface area contributed by atoms with E-state index in [2.05, 4.69) is 5.32 Å². The first-order valence-corrected chi connectivity index (χ1v) is 5.33. The summed E-state index contributed by atoms with van der Waals surface area (Å²) in [6.07, 6.45) is 0.660.